The smallest absolute Gasteiger partial charge is 0.297 e. The molecule has 0 saturated heterocycles. The first kappa shape index (κ1) is 10.6. The van der Waals surface area contributed by atoms with Crippen molar-refractivity contribution in [2.45, 2.75) is 4.90 Å². The van der Waals surface area contributed by atoms with Crippen molar-refractivity contribution in [3.05, 3.63) is 24.3 Å². The van der Waals surface area contributed by atoms with Crippen LogP contribution in [0.4, 0.5) is 11.4 Å². The zero-order valence-electron chi connectivity index (χ0n) is 7.27. The SMILES string of the molecule is C=Cc1ccc(N)c(N)c1S(=O)(=O)O. The van der Waals surface area contributed by atoms with Crippen molar-refractivity contribution in [3.8, 4) is 0 Å². The molecule has 0 spiro atoms. The minimum absolute atomic E-state index is 0.100. The molecule has 0 atom stereocenters. The summed E-state index contributed by atoms with van der Waals surface area (Å²) in [5, 5.41) is 0. The molecule has 1 aromatic carbocycles. The van der Waals surface area contributed by atoms with Crippen LogP contribution in [0.2, 0.25) is 0 Å². The van der Waals surface area contributed by atoms with Gasteiger partial charge >= 0.3 is 0 Å². The summed E-state index contributed by atoms with van der Waals surface area (Å²) in [5.41, 5.74) is 11.0. The molecule has 0 heterocycles. The summed E-state index contributed by atoms with van der Waals surface area (Å²) in [6.45, 7) is 3.40. The molecule has 5 nitrogen and oxygen atoms in total. The molecular weight excluding hydrogens is 204 g/mol. The molecule has 0 saturated carbocycles. The maximum atomic E-state index is 11.0. The maximum absolute atomic E-state index is 11.0. The predicted octanol–water partition coefficient (Wildman–Crippen LogP) is 0.741. The highest BCUT2D eigenvalue weighted by molar-refractivity contribution is 7.86. The molecule has 0 bridgehead atoms. The average molecular weight is 214 g/mol. The van der Waals surface area contributed by atoms with Crippen LogP contribution in [0.3, 0.4) is 0 Å². The van der Waals surface area contributed by atoms with Gasteiger partial charge in [-0.2, -0.15) is 8.42 Å². The largest absolute Gasteiger partial charge is 0.397 e. The number of hydrogen-bond donors (Lipinski definition) is 3. The lowest BCUT2D eigenvalue weighted by molar-refractivity contribution is 0.483. The van der Waals surface area contributed by atoms with Crippen LogP contribution in [-0.4, -0.2) is 13.0 Å². The molecule has 6 heteroatoms. The van der Waals surface area contributed by atoms with Gasteiger partial charge in [0.2, 0.25) is 0 Å². The molecule has 0 unspecified atom stereocenters. The standard InChI is InChI=1S/C8H10N2O3S/c1-2-5-3-4-6(9)7(10)8(5)14(11,12)13/h2-4H,1,9-10H2,(H,11,12,13). The topological polar surface area (TPSA) is 106 Å². The summed E-state index contributed by atoms with van der Waals surface area (Å²) >= 11 is 0. The minimum Gasteiger partial charge on any atom is -0.397 e. The number of rotatable bonds is 2. The first-order chi connectivity index (χ1) is 6.38. The molecule has 0 aliphatic carbocycles. The van der Waals surface area contributed by atoms with E-state index in [9.17, 15) is 8.42 Å². The molecule has 0 aromatic heterocycles. The van der Waals surface area contributed by atoms with Crippen LogP contribution in [0.1, 0.15) is 5.56 Å². The van der Waals surface area contributed by atoms with Crippen molar-refractivity contribution in [2.75, 3.05) is 11.5 Å². The van der Waals surface area contributed by atoms with E-state index in [0.717, 1.165) is 0 Å². The van der Waals surface area contributed by atoms with Crippen LogP contribution in [0.25, 0.3) is 6.08 Å². The molecule has 1 rings (SSSR count). The normalized spacial score (nSPS) is 11.2. The number of hydrogen-bond acceptors (Lipinski definition) is 4. The minimum atomic E-state index is -4.37. The van der Waals surface area contributed by atoms with Gasteiger partial charge in [0.05, 0.1) is 11.4 Å². The quantitative estimate of drug-likeness (QED) is 0.497. The van der Waals surface area contributed by atoms with Crippen molar-refractivity contribution in [3.63, 3.8) is 0 Å². The monoisotopic (exact) mass is 214 g/mol. The van der Waals surface area contributed by atoms with Crippen LogP contribution in [0, 0.1) is 0 Å². The van der Waals surface area contributed by atoms with Crippen LogP contribution in [0.5, 0.6) is 0 Å². The number of benzene rings is 1. The Morgan fingerprint density at radius 1 is 1.36 bits per heavy atom. The van der Waals surface area contributed by atoms with Crippen LogP contribution < -0.4 is 11.5 Å². The van der Waals surface area contributed by atoms with E-state index in [4.69, 9.17) is 16.0 Å². The third-order valence-corrected chi connectivity index (χ3v) is 2.71. The Bertz CT molecular complexity index is 480. The molecule has 5 N–H and O–H groups in total. The second kappa shape index (κ2) is 3.32. The summed E-state index contributed by atoms with van der Waals surface area (Å²) < 4.78 is 30.8. The Morgan fingerprint density at radius 3 is 2.36 bits per heavy atom. The van der Waals surface area contributed by atoms with Crippen LogP contribution in [0.15, 0.2) is 23.6 Å². The number of anilines is 2. The Kier molecular flexibility index (Phi) is 2.50. The van der Waals surface area contributed by atoms with Crippen molar-refractivity contribution < 1.29 is 13.0 Å². The molecule has 0 radical (unpaired) electrons. The second-order valence-corrected chi connectivity index (χ2v) is 4.02. The molecule has 0 amide bonds. The van der Waals surface area contributed by atoms with Crippen molar-refractivity contribution in [1.29, 1.82) is 0 Å². The maximum Gasteiger partial charge on any atom is 0.297 e. The fraction of sp³-hybridized carbons (Fsp3) is 0. The Labute approximate surface area is 81.8 Å². The van der Waals surface area contributed by atoms with E-state index in [-0.39, 0.29) is 16.9 Å². The number of nitrogens with two attached hydrogens (primary N) is 2. The average Bonchev–Trinajstić information content (AvgIpc) is 2.07. The summed E-state index contributed by atoms with van der Waals surface area (Å²) in [6.07, 6.45) is 1.28. The van der Waals surface area contributed by atoms with Crippen LogP contribution in [-0.2, 0) is 10.1 Å². The highest BCUT2D eigenvalue weighted by Crippen LogP contribution is 2.28. The van der Waals surface area contributed by atoms with Gasteiger partial charge in [0.25, 0.3) is 10.1 Å². The van der Waals surface area contributed by atoms with E-state index in [1.807, 2.05) is 0 Å². The Hall–Kier alpha value is -1.53. The van der Waals surface area contributed by atoms with Gasteiger partial charge in [-0.25, -0.2) is 0 Å². The molecule has 14 heavy (non-hydrogen) atoms. The zero-order chi connectivity index (χ0) is 10.9. The summed E-state index contributed by atoms with van der Waals surface area (Å²) in [7, 11) is -4.37. The van der Waals surface area contributed by atoms with Gasteiger partial charge in [0, 0.05) is 0 Å². The molecule has 1 aromatic rings. The van der Waals surface area contributed by atoms with Gasteiger partial charge in [-0.05, 0) is 11.6 Å². The van der Waals surface area contributed by atoms with E-state index >= 15 is 0 Å². The zero-order valence-corrected chi connectivity index (χ0v) is 8.08. The Morgan fingerprint density at radius 2 is 1.93 bits per heavy atom. The van der Waals surface area contributed by atoms with E-state index < -0.39 is 15.0 Å². The van der Waals surface area contributed by atoms with Gasteiger partial charge < -0.3 is 11.5 Å². The van der Waals surface area contributed by atoms with Gasteiger partial charge in [0.15, 0.2) is 0 Å². The first-order valence-electron chi connectivity index (χ1n) is 3.65. The second-order valence-electron chi connectivity index (χ2n) is 2.67. The van der Waals surface area contributed by atoms with Gasteiger partial charge in [0.1, 0.15) is 4.90 Å². The van der Waals surface area contributed by atoms with Gasteiger partial charge in [-0.15, -0.1) is 0 Å². The third kappa shape index (κ3) is 1.70. The third-order valence-electron chi connectivity index (χ3n) is 1.74. The summed E-state index contributed by atoms with van der Waals surface area (Å²) in [5.74, 6) is 0. The van der Waals surface area contributed by atoms with E-state index in [0.29, 0.717) is 0 Å². The molecule has 0 aliphatic heterocycles. The van der Waals surface area contributed by atoms with E-state index in [2.05, 4.69) is 6.58 Å². The lowest BCUT2D eigenvalue weighted by Crippen LogP contribution is -2.07. The number of nitrogen functional groups attached to an aromatic ring is 2. The summed E-state index contributed by atoms with van der Waals surface area (Å²) in [4.78, 5) is -0.396. The lowest BCUT2D eigenvalue weighted by Gasteiger charge is -2.08. The van der Waals surface area contributed by atoms with E-state index in [1.54, 1.807) is 0 Å². The van der Waals surface area contributed by atoms with Gasteiger partial charge in [-0.3, -0.25) is 4.55 Å². The predicted molar refractivity (Wildman–Crippen MR) is 55.2 cm³/mol. The molecular formula is C8H10N2O3S. The fourth-order valence-corrected chi connectivity index (χ4v) is 1.93. The van der Waals surface area contributed by atoms with Crippen molar-refractivity contribution in [2.24, 2.45) is 0 Å². The first-order valence-corrected chi connectivity index (χ1v) is 5.10. The fourth-order valence-electron chi connectivity index (χ4n) is 1.08. The van der Waals surface area contributed by atoms with E-state index in [1.165, 1.54) is 18.2 Å². The van der Waals surface area contributed by atoms with Gasteiger partial charge in [-0.1, -0.05) is 18.7 Å². The molecule has 0 fully saturated rings. The molecule has 0 aliphatic rings. The highest BCUT2D eigenvalue weighted by Gasteiger charge is 2.19. The Balaban J connectivity index is 3.69. The highest BCUT2D eigenvalue weighted by atomic mass is 32.2. The summed E-state index contributed by atoms with van der Waals surface area (Å²) in [6, 6.07) is 2.86. The lowest BCUT2D eigenvalue weighted by atomic mass is 10.2. The van der Waals surface area contributed by atoms with Crippen LogP contribution >= 0.6 is 0 Å². The van der Waals surface area contributed by atoms with Crippen molar-refractivity contribution >= 4 is 27.6 Å². The molecule has 76 valence electrons. The van der Waals surface area contributed by atoms with Crippen molar-refractivity contribution in [1.82, 2.24) is 0 Å².